The molecule has 0 aromatic heterocycles. The lowest BCUT2D eigenvalue weighted by Gasteiger charge is -2.08. The summed E-state index contributed by atoms with van der Waals surface area (Å²) in [5.74, 6) is 0. The minimum Gasteiger partial charge on any atom is -0.375 e. The minimum absolute atomic E-state index is 0.721. The molecule has 0 heterocycles. The first-order chi connectivity index (χ1) is 7.24. The average molecular weight is 207 g/mol. The fourth-order valence-corrected chi connectivity index (χ4v) is 1.46. The zero-order chi connectivity index (χ0) is 11.1. The van der Waals surface area contributed by atoms with Crippen molar-refractivity contribution in [3.05, 3.63) is 34.9 Å². The number of benzene rings is 1. The molecular weight excluding hydrogens is 186 g/mol. The first kappa shape index (κ1) is 12.2. The van der Waals surface area contributed by atoms with Gasteiger partial charge in [0.1, 0.15) is 0 Å². The van der Waals surface area contributed by atoms with Crippen molar-refractivity contribution in [3.63, 3.8) is 0 Å². The highest BCUT2D eigenvalue weighted by atomic mass is 16.5. The maximum atomic E-state index is 5.60. The van der Waals surface area contributed by atoms with Gasteiger partial charge in [-0.1, -0.05) is 30.7 Å². The maximum absolute atomic E-state index is 5.60. The van der Waals surface area contributed by atoms with Crippen LogP contribution in [0.25, 0.3) is 0 Å². The van der Waals surface area contributed by atoms with Gasteiger partial charge in [0.15, 0.2) is 0 Å². The van der Waals surface area contributed by atoms with E-state index in [0.717, 1.165) is 26.3 Å². The number of aryl methyl sites for hydroxylation is 2. The summed E-state index contributed by atoms with van der Waals surface area (Å²) in [4.78, 5) is 0. The summed E-state index contributed by atoms with van der Waals surface area (Å²) < 4.78 is 5.60. The summed E-state index contributed by atoms with van der Waals surface area (Å²) in [6, 6.07) is 6.48. The van der Waals surface area contributed by atoms with Crippen molar-refractivity contribution >= 4 is 0 Å². The predicted molar refractivity (Wildman–Crippen MR) is 64.1 cm³/mol. The van der Waals surface area contributed by atoms with Gasteiger partial charge in [-0.05, 0) is 31.5 Å². The van der Waals surface area contributed by atoms with Gasteiger partial charge < -0.3 is 10.1 Å². The summed E-state index contributed by atoms with van der Waals surface area (Å²) in [7, 11) is 0. The summed E-state index contributed by atoms with van der Waals surface area (Å²) in [6.45, 7) is 9.78. The van der Waals surface area contributed by atoms with Gasteiger partial charge in [0, 0.05) is 6.54 Å². The van der Waals surface area contributed by atoms with E-state index in [1.54, 1.807) is 0 Å². The molecule has 0 aliphatic heterocycles. The number of hydrogen-bond donors (Lipinski definition) is 1. The van der Waals surface area contributed by atoms with Crippen LogP contribution in [0, 0.1) is 13.8 Å². The molecule has 1 rings (SSSR count). The lowest BCUT2D eigenvalue weighted by Crippen LogP contribution is -2.18. The van der Waals surface area contributed by atoms with Crippen molar-refractivity contribution in [1.82, 2.24) is 5.32 Å². The molecule has 1 aromatic carbocycles. The van der Waals surface area contributed by atoms with Crippen LogP contribution in [0.1, 0.15) is 23.6 Å². The second-order valence-electron chi connectivity index (χ2n) is 3.84. The third-order valence-corrected chi connectivity index (χ3v) is 2.44. The highest BCUT2D eigenvalue weighted by molar-refractivity contribution is 5.29. The number of likely N-dealkylation sites (N-methyl/N-ethyl adjacent to an activating group) is 1. The van der Waals surface area contributed by atoms with Gasteiger partial charge in [0.25, 0.3) is 0 Å². The standard InChI is InChI=1S/C13H21NO/c1-4-14-7-8-15-10-13-9-11(2)5-6-12(13)3/h5-6,9,14H,4,7-8,10H2,1-3H3. The second kappa shape index (κ2) is 6.59. The van der Waals surface area contributed by atoms with Crippen molar-refractivity contribution in [1.29, 1.82) is 0 Å². The SMILES string of the molecule is CCNCCOCc1cc(C)ccc1C. The zero-order valence-corrected chi connectivity index (χ0v) is 9.97. The molecular formula is C13H21NO. The Morgan fingerprint density at radius 1 is 1.27 bits per heavy atom. The van der Waals surface area contributed by atoms with Crippen molar-refractivity contribution in [2.75, 3.05) is 19.7 Å². The van der Waals surface area contributed by atoms with E-state index in [9.17, 15) is 0 Å². The molecule has 0 aliphatic carbocycles. The molecule has 1 aromatic rings. The summed E-state index contributed by atoms with van der Waals surface area (Å²) in [5, 5.41) is 3.24. The van der Waals surface area contributed by atoms with E-state index in [2.05, 4.69) is 44.3 Å². The van der Waals surface area contributed by atoms with Crippen LogP contribution in [0.4, 0.5) is 0 Å². The number of hydrogen-bond acceptors (Lipinski definition) is 2. The Kier molecular flexibility index (Phi) is 5.37. The van der Waals surface area contributed by atoms with Crippen LogP contribution >= 0.6 is 0 Å². The first-order valence-electron chi connectivity index (χ1n) is 5.58. The van der Waals surface area contributed by atoms with Gasteiger partial charge in [0.05, 0.1) is 13.2 Å². The molecule has 0 spiro atoms. The Labute approximate surface area is 92.6 Å². The molecule has 0 radical (unpaired) electrons. The monoisotopic (exact) mass is 207 g/mol. The van der Waals surface area contributed by atoms with Gasteiger partial charge in [0.2, 0.25) is 0 Å². The Morgan fingerprint density at radius 2 is 2.07 bits per heavy atom. The molecule has 0 aliphatic rings. The maximum Gasteiger partial charge on any atom is 0.0720 e. The lowest BCUT2D eigenvalue weighted by atomic mass is 10.1. The largest absolute Gasteiger partial charge is 0.375 e. The van der Waals surface area contributed by atoms with Crippen LogP contribution in [0.3, 0.4) is 0 Å². The van der Waals surface area contributed by atoms with Crippen LogP contribution in [0.5, 0.6) is 0 Å². The minimum atomic E-state index is 0.721. The molecule has 0 saturated heterocycles. The smallest absolute Gasteiger partial charge is 0.0720 e. The normalized spacial score (nSPS) is 10.6. The third-order valence-electron chi connectivity index (χ3n) is 2.44. The zero-order valence-electron chi connectivity index (χ0n) is 9.97. The topological polar surface area (TPSA) is 21.3 Å². The molecule has 0 fully saturated rings. The van der Waals surface area contributed by atoms with Crippen molar-refractivity contribution in [3.8, 4) is 0 Å². The fraction of sp³-hybridized carbons (Fsp3) is 0.538. The van der Waals surface area contributed by atoms with Gasteiger partial charge in [-0.2, -0.15) is 0 Å². The summed E-state index contributed by atoms with van der Waals surface area (Å²) in [5.41, 5.74) is 3.90. The van der Waals surface area contributed by atoms with E-state index in [1.807, 2.05) is 0 Å². The fourth-order valence-electron chi connectivity index (χ4n) is 1.46. The molecule has 2 nitrogen and oxygen atoms in total. The molecule has 0 bridgehead atoms. The van der Waals surface area contributed by atoms with Crippen molar-refractivity contribution in [2.45, 2.75) is 27.4 Å². The van der Waals surface area contributed by atoms with E-state index < -0.39 is 0 Å². The first-order valence-corrected chi connectivity index (χ1v) is 5.58. The summed E-state index contributed by atoms with van der Waals surface area (Å²) in [6.07, 6.45) is 0. The Bertz CT molecular complexity index is 297. The van der Waals surface area contributed by atoms with Gasteiger partial charge in [-0.3, -0.25) is 0 Å². The van der Waals surface area contributed by atoms with E-state index in [1.165, 1.54) is 16.7 Å². The van der Waals surface area contributed by atoms with E-state index in [0.29, 0.717) is 0 Å². The Balaban J connectivity index is 2.33. The number of nitrogens with one attached hydrogen (secondary N) is 1. The highest BCUT2D eigenvalue weighted by Crippen LogP contribution is 2.11. The molecule has 84 valence electrons. The highest BCUT2D eigenvalue weighted by Gasteiger charge is 1.98. The molecule has 0 atom stereocenters. The van der Waals surface area contributed by atoms with Crippen LogP contribution in [0.15, 0.2) is 18.2 Å². The number of ether oxygens (including phenoxy) is 1. The number of rotatable bonds is 6. The van der Waals surface area contributed by atoms with Gasteiger partial charge in [-0.15, -0.1) is 0 Å². The van der Waals surface area contributed by atoms with E-state index in [-0.39, 0.29) is 0 Å². The lowest BCUT2D eigenvalue weighted by molar-refractivity contribution is 0.122. The van der Waals surface area contributed by atoms with Crippen LogP contribution < -0.4 is 5.32 Å². The van der Waals surface area contributed by atoms with Crippen molar-refractivity contribution in [2.24, 2.45) is 0 Å². The quantitative estimate of drug-likeness (QED) is 0.723. The van der Waals surface area contributed by atoms with Crippen molar-refractivity contribution < 1.29 is 4.74 Å². The Morgan fingerprint density at radius 3 is 2.80 bits per heavy atom. The van der Waals surface area contributed by atoms with Crippen LogP contribution in [-0.2, 0) is 11.3 Å². The van der Waals surface area contributed by atoms with Gasteiger partial charge >= 0.3 is 0 Å². The average Bonchev–Trinajstić information content (AvgIpc) is 2.23. The molecule has 0 saturated carbocycles. The molecule has 15 heavy (non-hydrogen) atoms. The third kappa shape index (κ3) is 4.45. The summed E-state index contributed by atoms with van der Waals surface area (Å²) >= 11 is 0. The van der Waals surface area contributed by atoms with Crippen LogP contribution in [0.2, 0.25) is 0 Å². The predicted octanol–water partition coefficient (Wildman–Crippen LogP) is 2.43. The Hall–Kier alpha value is -0.860. The molecule has 2 heteroatoms. The van der Waals surface area contributed by atoms with E-state index in [4.69, 9.17) is 4.74 Å². The second-order valence-corrected chi connectivity index (χ2v) is 3.84. The van der Waals surface area contributed by atoms with E-state index >= 15 is 0 Å². The molecule has 1 N–H and O–H groups in total. The van der Waals surface area contributed by atoms with Crippen LogP contribution in [-0.4, -0.2) is 19.7 Å². The molecule has 0 amide bonds. The molecule has 0 unspecified atom stereocenters. The van der Waals surface area contributed by atoms with Gasteiger partial charge in [-0.25, -0.2) is 0 Å².